The lowest BCUT2D eigenvalue weighted by Gasteiger charge is -2.27. The number of hydrogen-bond acceptors (Lipinski definition) is 3. The van der Waals surface area contributed by atoms with Crippen LogP contribution in [0, 0.1) is 0 Å². The highest BCUT2D eigenvalue weighted by Crippen LogP contribution is 2.35. The van der Waals surface area contributed by atoms with Gasteiger partial charge in [0.05, 0.1) is 5.69 Å². The van der Waals surface area contributed by atoms with Crippen molar-refractivity contribution >= 4 is 11.8 Å². The molecule has 1 N–H and O–H groups in total. The van der Waals surface area contributed by atoms with Crippen molar-refractivity contribution in [2.75, 3.05) is 4.90 Å². The van der Waals surface area contributed by atoms with Gasteiger partial charge < -0.3 is 9.84 Å². The molecule has 4 heteroatoms. The van der Waals surface area contributed by atoms with Crippen LogP contribution in [-0.4, -0.2) is 22.8 Å². The molecule has 1 aliphatic rings. The maximum Gasteiger partial charge on any atom is 0.415 e. The molecule has 98 valence electrons. The highest BCUT2D eigenvalue weighted by molar-refractivity contribution is 5.91. The van der Waals surface area contributed by atoms with Gasteiger partial charge in [-0.2, -0.15) is 0 Å². The van der Waals surface area contributed by atoms with Crippen molar-refractivity contribution in [3.05, 3.63) is 23.8 Å². The average Bonchev–Trinajstić information content (AvgIpc) is 2.50. The van der Waals surface area contributed by atoms with E-state index in [0.717, 1.165) is 17.7 Å². The molecule has 1 aliphatic heterocycles. The third kappa shape index (κ3) is 2.42. The number of rotatable bonds is 0. The zero-order chi connectivity index (χ0) is 13.5. The highest BCUT2D eigenvalue weighted by atomic mass is 16.6. The number of hydrogen-bond donors (Lipinski definition) is 1. The van der Waals surface area contributed by atoms with Gasteiger partial charge in [0.25, 0.3) is 0 Å². The molecule has 1 atom stereocenters. The van der Waals surface area contributed by atoms with Crippen molar-refractivity contribution in [1.82, 2.24) is 0 Å². The molecule has 0 aliphatic carbocycles. The van der Waals surface area contributed by atoms with Gasteiger partial charge in [0, 0.05) is 6.04 Å². The summed E-state index contributed by atoms with van der Waals surface area (Å²) in [5, 5.41) is 9.46. The summed E-state index contributed by atoms with van der Waals surface area (Å²) in [7, 11) is 0. The predicted octanol–water partition coefficient (Wildman–Crippen LogP) is 3.08. The van der Waals surface area contributed by atoms with E-state index in [1.165, 1.54) is 0 Å². The fourth-order valence-electron chi connectivity index (χ4n) is 2.21. The van der Waals surface area contributed by atoms with Crippen LogP contribution in [0.4, 0.5) is 10.5 Å². The van der Waals surface area contributed by atoms with E-state index in [-0.39, 0.29) is 17.9 Å². The van der Waals surface area contributed by atoms with E-state index in [1.54, 1.807) is 23.1 Å². The molecule has 2 rings (SSSR count). The summed E-state index contributed by atoms with van der Waals surface area (Å²) >= 11 is 0. The minimum atomic E-state index is -0.503. The van der Waals surface area contributed by atoms with Gasteiger partial charge in [0.2, 0.25) is 0 Å². The minimum absolute atomic E-state index is 0.0525. The van der Waals surface area contributed by atoms with Gasteiger partial charge in [-0.1, -0.05) is 0 Å². The van der Waals surface area contributed by atoms with Gasteiger partial charge in [0.15, 0.2) is 0 Å². The molecule has 18 heavy (non-hydrogen) atoms. The number of amides is 1. The van der Waals surface area contributed by atoms with Crippen LogP contribution in [0.5, 0.6) is 5.75 Å². The lowest BCUT2D eigenvalue weighted by atomic mass is 10.1. The Hall–Kier alpha value is -1.71. The van der Waals surface area contributed by atoms with E-state index in [9.17, 15) is 9.90 Å². The van der Waals surface area contributed by atoms with Crippen LogP contribution < -0.4 is 4.90 Å². The van der Waals surface area contributed by atoms with Gasteiger partial charge >= 0.3 is 6.09 Å². The second kappa shape index (κ2) is 4.19. The largest absolute Gasteiger partial charge is 0.508 e. The fourth-order valence-corrected chi connectivity index (χ4v) is 2.21. The van der Waals surface area contributed by atoms with E-state index >= 15 is 0 Å². The topological polar surface area (TPSA) is 49.8 Å². The Bertz CT molecular complexity index is 476. The first-order valence-electron chi connectivity index (χ1n) is 6.12. The molecule has 1 heterocycles. The lowest BCUT2D eigenvalue weighted by Crippen LogP contribution is -2.40. The molecule has 0 aromatic heterocycles. The Morgan fingerprint density at radius 1 is 1.44 bits per heavy atom. The third-order valence-electron chi connectivity index (χ3n) is 2.87. The number of phenolic OH excluding ortho intramolecular Hbond substituents is 1. The summed E-state index contributed by atoms with van der Waals surface area (Å²) in [4.78, 5) is 13.8. The van der Waals surface area contributed by atoms with E-state index in [2.05, 4.69) is 0 Å². The van der Waals surface area contributed by atoms with Crippen LogP contribution in [-0.2, 0) is 11.2 Å². The summed E-state index contributed by atoms with van der Waals surface area (Å²) in [6, 6.07) is 5.11. The third-order valence-corrected chi connectivity index (χ3v) is 2.87. The SMILES string of the molecule is CC1Cc2cc(O)ccc2N1C(=O)OC(C)(C)C. The summed E-state index contributed by atoms with van der Waals surface area (Å²) in [5.74, 6) is 0.229. The molecule has 0 saturated carbocycles. The van der Waals surface area contributed by atoms with E-state index in [0.29, 0.717) is 0 Å². The second-order valence-corrected chi connectivity index (χ2v) is 5.72. The standard InChI is InChI=1S/C14H19NO3/c1-9-7-10-8-11(16)5-6-12(10)15(9)13(17)18-14(2,3)4/h5-6,8-9,16H,7H2,1-4H3. The predicted molar refractivity (Wildman–Crippen MR) is 70.0 cm³/mol. The van der Waals surface area contributed by atoms with Gasteiger partial charge in [-0.15, -0.1) is 0 Å². The quantitative estimate of drug-likeness (QED) is 0.768. The van der Waals surface area contributed by atoms with Crippen molar-refractivity contribution in [3.63, 3.8) is 0 Å². The Balaban J connectivity index is 2.28. The number of carbonyl (C=O) groups is 1. The van der Waals surface area contributed by atoms with Gasteiger partial charge in [-0.05, 0) is 57.9 Å². The summed E-state index contributed by atoms with van der Waals surface area (Å²) < 4.78 is 5.40. The maximum atomic E-state index is 12.2. The Morgan fingerprint density at radius 3 is 2.72 bits per heavy atom. The molecule has 0 bridgehead atoms. The Morgan fingerprint density at radius 2 is 2.11 bits per heavy atom. The molecule has 0 spiro atoms. The van der Waals surface area contributed by atoms with Crippen molar-refractivity contribution in [2.45, 2.75) is 45.8 Å². The first kappa shape index (κ1) is 12.7. The summed E-state index contributed by atoms with van der Waals surface area (Å²) in [6.45, 7) is 7.52. The van der Waals surface area contributed by atoms with E-state index < -0.39 is 5.60 Å². The molecule has 0 radical (unpaired) electrons. The van der Waals surface area contributed by atoms with Gasteiger partial charge in [0.1, 0.15) is 11.4 Å². The number of phenols is 1. The molecule has 0 saturated heterocycles. The normalized spacial score (nSPS) is 18.7. The Kier molecular flexibility index (Phi) is 2.97. The number of fused-ring (bicyclic) bond motifs is 1. The molecule has 1 amide bonds. The summed E-state index contributed by atoms with van der Waals surface area (Å²) in [5.41, 5.74) is 1.30. The number of anilines is 1. The molecule has 1 aromatic carbocycles. The smallest absolute Gasteiger partial charge is 0.415 e. The number of nitrogens with zero attached hydrogens (tertiary/aromatic N) is 1. The molecular formula is C14H19NO3. The molecule has 1 aromatic rings. The zero-order valence-electron chi connectivity index (χ0n) is 11.2. The van der Waals surface area contributed by atoms with Crippen LogP contribution in [0.15, 0.2) is 18.2 Å². The maximum absolute atomic E-state index is 12.2. The van der Waals surface area contributed by atoms with Crippen molar-refractivity contribution < 1.29 is 14.6 Å². The Labute approximate surface area is 107 Å². The molecule has 4 nitrogen and oxygen atoms in total. The van der Waals surface area contributed by atoms with E-state index in [4.69, 9.17) is 4.74 Å². The number of carbonyl (C=O) groups excluding carboxylic acids is 1. The van der Waals surface area contributed by atoms with Crippen LogP contribution >= 0.6 is 0 Å². The van der Waals surface area contributed by atoms with Crippen LogP contribution in [0.3, 0.4) is 0 Å². The van der Waals surface area contributed by atoms with Crippen molar-refractivity contribution in [2.24, 2.45) is 0 Å². The molecule has 0 fully saturated rings. The van der Waals surface area contributed by atoms with Gasteiger partial charge in [-0.25, -0.2) is 4.79 Å². The van der Waals surface area contributed by atoms with Gasteiger partial charge in [-0.3, -0.25) is 4.90 Å². The fraction of sp³-hybridized carbons (Fsp3) is 0.500. The number of aromatic hydroxyl groups is 1. The monoisotopic (exact) mass is 249 g/mol. The van der Waals surface area contributed by atoms with Crippen LogP contribution in [0.2, 0.25) is 0 Å². The zero-order valence-corrected chi connectivity index (χ0v) is 11.2. The van der Waals surface area contributed by atoms with Crippen molar-refractivity contribution in [3.8, 4) is 5.75 Å². The van der Waals surface area contributed by atoms with Crippen LogP contribution in [0.25, 0.3) is 0 Å². The second-order valence-electron chi connectivity index (χ2n) is 5.72. The first-order valence-corrected chi connectivity index (χ1v) is 6.12. The average molecular weight is 249 g/mol. The van der Waals surface area contributed by atoms with Crippen LogP contribution in [0.1, 0.15) is 33.3 Å². The first-order chi connectivity index (χ1) is 8.28. The summed E-state index contributed by atoms with van der Waals surface area (Å²) in [6.07, 6.45) is 0.405. The highest BCUT2D eigenvalue weighted by Gasteiger charge is 2.34. The lowest BCUT2D eigenvalue weighted by molar-refractivity contribution is 0.0572. The number of ether oxygens (including phenoxy) is 1. The molecular weight excluding hydrogens is 230 g/mol. The molecule has 1 unspecified atom stereocenters. The number of benzene rings is 1. The minimum Gasteiger partial charge on any atom is -0.508 e. The van der Waals surface area contributed by atoms with E-state index in [1.807, 2.05) is 27.7 Å². The van der Waals surface area contributed by atoms with Crippen molar-refractivity contribution in [1.29, 1.82) is 0 Å².